The number of nitrogen functional groups attached to an aromatic ring is 1. The lowest BCUT2D eigenvalue weighted by molar-refractivity contribution is 0.0964. The molecule has 0 aliphatic carbocycles. The van der Waals surface area contributed by atoms with Gasteiger partial charge in [0.1, 0.15) is 10.6 Å². The van der Waals surface area contributed by atoms with E-state index in [-0.39, 0.29) is 11.7 Å². The van der Waals surface area contributed by atoms with E-state index in [4.69, 9.17) is 15.2 Å². The van der Waals surface area contributed by atoms with Crippen molar-refractivity contribution in [3.63, 3.8) is 0 Å². The van der Waals surface area contributed by atoms with Crippen LogP contribution < -0.4 is 16.0 Å². The van der Waals surface area contributed by atoms with Gasteiger partial charge in [0.15, 0.2) is 5.82 Å². The molecule has 0 saturated carbocycles. The Hall–Kier alpha value is -1.38. The van der Waals surface area contributed by atoms with Crippen LogP contribution in [-0.2, 0) is 9.47 Å². The Morgan fingerprint density at radius 3 is 2.42 bits per heavy atom. The lowest BCUT2D eigenvalue weighted by Crippen LogP contribution is -2.32. The van der Waals surface area contributed by atoms with Gasteiger partial charge in [-0.2, -0.15) is 4.37 Å². The summed E-state index contributed by atoms with van der Waals surface area (Å²) in [5.41, 5.74) is 6.18. The van der Waals surface area contributed by atoms with Gasteiger partial charge in [-0.25, -0.2) is 0 Å². The molecule has 0 fully saturated rings. The molecule has 0 bridgehead atoms. The van der Waals surface area contributed by atoms with Crippen molar-refractivity contribution in [3.05, 3.63) is 5.56 Å². The molecule has 7 nitrogen and oxygen atoms in total. The largest absolute Gasteiger partial charge is 0.383 e. The second-order valence-electron chi connectivity index (χ2n) is 3.80. The maximum atomic E-state index is 11.9. The topological polar surface area (TPSA) is 89.7 Å². The number of anilines is 2. The molecular weight excluding hydrogens is 268 g/mol. The summed E-state index contributed by atoms with van der Waals surface area (Å²) in [6, 6.07) is 0. The third-order valence-corrected chi connectivity index (χ3v) is 3.50. The van der Waals surface area contributed by atoms with Gasteiger partial charge in [-0.15, -0.1) is 0 Å². The molecule has 0 radical (unpaired) electrons. The van der Waals surface area contributed by atoms with Crippen molar-refractivity contribution in [2.45, 2.75) is 0 Å². The number of amides is 1. The van der Waals surface area contributed by atoms with Crippen LogP contribution in [0.5, 0.6) is 0 Å². The average Bonchev–Trinajstić information content (AvgIpc) is 2.80. The van der Waals surface area contributed by atoms with E-state index in [1.54, 1.807) is 21.3 Å². The van der Waals surface area contributed by atoms with Crippen LogP contribution in [0.2, 0.25) is 0 Å². The Labute approximate surface area is 116 Å². The van der Waals surface area contributed by atoms with Crippen LogP contribution in [0.3, 0.4) is 0 Å². The maximum absolute atomic E-state index is 11.9. The van der Waals surface area contributed by atoms with Crippen LogP contribution in [-0.4, -0.2) is 57.9 Å². The quantitative estimate of drug-likeness (QED) is 0.709. The van der Waals surface area contributed by atoms with Crippen LogP contribution in [0, 0.1) is 0 Å². The fraction of sp³-hybridized carbons (Fsp3) is 0.636. The summed E-state index contributed by atoms with van der Waals surface area (Å²) in [4.78, 5) is 13.8. The van der Waals surface area contributed by atoms with Gasteiger partial charge in [0, 0.05) is 34.4 Å². The number of hydrogen-bond donors (Lipinski definition) is 2. The fourth-order valence-electron chi connectivity index (χ4n) is 1.57. The Bertz CT molecular complexity index is 403. The van der Waals surface area contributed by atoms with E-state index in [0.717, 1.165) is 5.00 Å². The summed E-state index contributed by atoms with van der Waals surface area (Å²) in [5, 5.41) is 3.32. The SMILES string of the molecule is CNC(=O)c1c(N)nsc1N(CCOC)CCOC. The summed E-state index contributed by atoms with van der Waals surface area (Å²) in [6.07, 6.45) is 0. The summed E-state index contributed by atoms with van der Waals surface area (Å²) >= 11 is 1.21. The first kappa shape index (κ1) is 15.7. The van der Waals surface area contributed by atoms with Crippen LogP contribution in [0.15, 0.2) is 0 Å². The summed E-state index contributed by atoms with van der Waals surface area (Å²) in [6.45, 7) is 2.39. The van der Waals surface area contributed by atoms with E-state index < -0.39 is 0 Å². The van der Waals surface area contributed by atoms with Crippen molar-refractivity contribution in [2.24, 2.45) is 0 Å². The Balaban J connectivity index is 2.96. The second kappa shape index (κ2) is 7.93. The molecule has 0 atom stereocenters. The smallest absolute Gasteiger partial charge is 0.257 e. The van der Waals surface area contributed by atoms with E-state index in [1.807, 2.05) is 4.90 Å². The van der Waals surface area contributed by atoms with Gasteiger partial charge in [0.2, 0.25) is 0 Å². The van der Waals surface area contributed by atoms with Gasteiger partial charge < -0.3 is 25.4 Å². The number of carbonyl (C=O) groups excluding carboxylic acids is 1. The van der Waals surface area contributed by atoms with E-state index in [2.05, 4.69) is 9.69 Å². The second-order valence-corrected chi connectivity index (χ2v) is 4.55. The number of hydrogen-bond acceptors (Lipinski definition) is 7. The number of ether oxygens (including phenoxy) is 2. The molecule has 1 aromatic heterocycles. The average molecular weight is 288 g/mol. The number of aromatic nitrogens is 1. The Kier molecular flexibility index (Phi) is 6.54. The number of rotatable bonds is 8. The van der Waals surface area contributed by atoms with E-state index >= 15 is 0 Å². The highest BCUT2D eigenvalue weighted by Gasteiger charge is 2.22. The van der Waals surface area contributed by atoms with Crippen LogP contribution in [0.4, 0.5) is 10.8 Å². The molecule has 8 heteroatoms. The lowest BCUT2D eigenvalue weighted by Gasteiger charge is -2.23. The third kappa shape index (κ3) is 4.05. The van der Waals surface area contributed by atoms with E-state index in [0.29, 0.717) is 31.9 Å². The fourth-order valence-corrected chi connectivity index (χ4v) is 2.43. The first-order chi connectivity index (χ1) is 9.15. The minimum absolute atomic E-state index is 0.235. The molecule has 0 aliphatic rings. The maximum Gasteiger partial charge on any atom is 0.257 e. The predicted octanol–water partition coefficient (Wildman–Crippen LogP) is 0.184. The Morgan fingerprint density at radius 2 is 1.95 bits per heavy atom. The van der Waals surface area contributed by atoms with Crippen molar-refractivity contribution >= 4 is 28.3 Å². The molecule has 1 rings (SSSR count). The first-order valence-corrected chi connectivity index (χ1v) is 6.63. The molecule has 1 aromatic rings. The lowest BCUT2D eigenvalue weighted by atomic mass is 10.2. The van der Waals surface area contributed by atoms with Crippen molar-refractivity contribution in [3.8, 4) is 0 Å². The zero-order valence-corrected chi connectivity index (χ0v) is 12.2. The van der Waals surface area contributed by atoms with Crippen LogP contribution in [0.1, 0.15) is 10.4 Å². The van der Waals surface area contributed by atoms with Crippen LogP contribution >= 0.6 is 11.5 Å². The van der Waals surface area contributed by atoms with E-state index in [1.165, 1.54) is 11.5 Å². The number of carbonyl (C=O) groups is 1. The molecule has 1 amide bonds. The van der Waals surface area contributed by atoms with E-state index in [9.17, 15) is 4.79 Å². The predicted molar refractivity (Wildman–Crippen MR) is 75.9 cm³/mol. The van der Waals surface area contributed by atoms with Crippen molar-refractivity contribution in [2.75, 3.05) is 58.2 Å². The zero-order valence-electron chi connectivity index (χ0n) is 11.4. The van der Waals surface area contributed by atoms with Gasteiger partial charge in [0.05, 0.1) is 13.2 Å². The molecular formula is C11H20N4O3S. The van der Waals surface area contributed by atoms with Gasteiger partial charge in [0.25, 0.3) is 5.91 Å². The number of methoxy groups -OCH3 is 2. The molecule has 0 aliphatic heterocycles. The van der Waals surface area contributed by atoms with Crippen LogP contribution in [0.25, 0.3) is 0 Å². The first-order valence-electron chi connectivity index (χ1n) is 5.85. The third-order valence-electron chi connectivity index (χ3n) is 2.57. The highest BCUT2D eigenvalue weighted by Crippen LogP contribution is 2.30. The summed E-state index contributed by atoms with van der Waals surface area (Å²) in [7, 11) is 4.84. The molecule has 0 saturated heterocycles. The zero-order chi connectivity index (χ0) is 14.3. The summed E-state index contributed by atoms with van der Waals surface area (Å²) < 4.78 is 14.2. The molecule has 0 spiro atoms. The monoisotopic (exact) mass is 288 g/mol. The van der Waals surface area contributed by atoms with Crippen molar-refractivity contribution in [1.29, 1.82) is 0 Å². The molecule has 108 valence electrons. The highest BCUT2D eigenvalue weighted by atomic mass is 32.1. The normalized spacial score (nSPS) is 10.5. The molecule has 19 heavy (non-hydrogen) atoms. The van der Waals surface area contributed by atoms with Crippen molar-refractivity contribution < 1.29 is 14.3 Å². The molecule has 0 aromatic carbocycles. The number of nitrogens with one attached hydrogen (secondary N) is 1. The summed E-state index contributed by atoms with van der Waals surface area (Å²) in [5.74, 6) is 0.0141. The standard InChI is InChI=1S/C11H20N4O3S/c1-13-10(16)8-9(12)14-19-11(8)15(4-6-17-2)5-7-18-3/h4-7H2,1-3H3,(H2,12,14)(H,13,16). The number of nitrogens with zero attached hydrogens (tertiary/aromatic N) is 2. The minimum atomic E-state index is -0.235. The minimum Gasteiger partial charge on any atom is -0.383 e. The van der Waals surface area contributed by atoms with Gasteiger partial charge in [-0.3, -0.25) is 4.79 Å². The Morgan fingerprint density at radius 1 is 1.37 bits per heavy atom. The van der Waals surface area contributed by atoms with Gasteiger partial charge in [-0.05, 0) is 11.5 Å². The number of nitrogens with two attached hydrogens (primary N) is 1. The van der Waals surface area contributed by atoms with Gasteiger partial charge in [-0.1, -0.05) is 0 Å². The molecule has 1 heterocycles. The van der Waals surface area contributed by atoms with Gasteiger partial charge >= 0.3 is 0 Å². The highest BCUT2D eigenvalue weighted by molar-refractivity contribution is 7.11. The van der Waals surface area contributed by atoms with Crippen molar-refractivity contribution in [1.82, 2.24) is 9.69 Å². The molecule has 3 N–H and O–H groups in total. The molecule has 0 unspecified atom stereocenters.